The molecule has 0 saturated heterocycles. The normalized spacial score (nSPS) is 21.2. The summed E-state index contributed by atoms with van der Waals surface area (Å²) in [5, 5.41) is 1.06. The van der Waals surface area contributed by atoms with Crippen LogP contribution in [0.15, 0.2) is 40.9 Å². The second-order valence-corrected chi connectivity index (χ2v) is 6.47. The molecule has 1 heterocycles. The van der Waals surface area contributed by atoms with Gasteiger partial charge in [0, 0.05) is 28.1 Å². The van der Waals surface area contributed by atoms with Crippen molar-refractivity contribution < 1.29 is 4.74 Å². The highest BCUT2D eigenvalue weighted by Crippen LogP contribution is 2.43. The second kappa shape index (κ2) is 5.57. The fourth-order valence-electron chi connectivity index (χ4n) is 2.44. The van der Waals surface area contributed by atoms with Gasteiger partial charge in [0.2, 0.25) is 0 Å². The third-order valence-electron chi connectivity index (χ3n) is 3.44. The lowest BCUT2D eigenvalue weighted by Crippen LogP contribution is -2.24. The van der Waals surface area contributed by atoms with Gasteiger partial charge in [0.1, 0.15) is 11.9 Å². The molecular weight excluding hydrogens is 361 g/mol. The van der Waals surface area contributed by atoms with E-state index in [1.807, 2.05) is 30.3 Å². The Labute approximate surface area is 136 Å². The molecule has 0 spiro atoms. The number of ether oxygens (including phenoxy) is 1. The standard InChI is InChI=1S/C15H12BrCl2NO/c16-8-4-5-9-12(19)7-14(20-13(9)6-8)10-2-1-3-11(17)15(10)18/h1-6,12,14H,7,19H2/t12-,14?/m0/s1. The summed E-state index contributed by atoms with van der Waals surface area (Å²) in [5.41, 5.74) is 8.13. The van der Waals surface area contributed by atoms with E-state index in [4.69, 9.17) is 33.7 Å². The van der Waals surface area contributed by atoms with Crippen LogP contribution in [-0.2, 0) is 0 Å². The van der Waals surface area contributed by atoms with E-state index >= 15 is 0 Å². The Balaban J connectivity index is 2.00. The second-order valence-electron chi connectivity index (χ2n) is 4.77. The molecule has 2 nitrogen and oxygen atoms in total. The Morgan fingerprint density at radius 2 is 1.95 bits per heavy atom. The van der Waals surface area contributed by atoms with Crippen molar-refractivity contribution in [2.75, 3.05) is 0 Å². The molecule has 20 heavy (non-hydrogen) atoms. The summed E-state index contributed by atoms with van der Waals surface area (Å²) in [6.07, 6.45) is 0.493. The Morgan fingerprint density at radius 1 is 1.15 bits per heavy atom. The molecule has 0 fully saturated rings. The molecule has 0 amide bonds. The van der Waals surface area contributed by atoms with E-state index in [1.165, 1.54) is 0 Å². The fourth-order valence-corrected chi connectivity index (χ4v) is 3.20. The first-order valence-electron chi connectivity index (χ1n) is 6.22. The number of fused-ring (bicyclic) bond motifs is 1. The van der Waals surface area contributed by atoms with Crippen molar-refractivity contribution in [1.82, 2.24) is 0 Å². The number of nitrogens with two attached hydrogens (primary N) is 1. The van der Waals surface area contributed by atoms with Crippen LogP contribution in [0.1, 0.15) is 29.7 Å². The average Bonchev–Trinajstić information content (AvgIpc) is 2.41. The minimum absolute atomic E-state index is 0.0769. The molecule has 0 bridgehead atoms. The van der Waals surface area contributed by atoms with Gasteiger partial charge in [0.05, 0.1) is 10.0 Å². The van der Waals surface area contributed by atoms with Gasteiger partial charge in [-0.1, -0.05) is 57.3 Å². The van der Waals surface area contributed by atoms with Crippen molar-refractivity contribution in [3.05, 3.63) is 62.0 Å². The number of benzene rings is 2. The lowest BCUT2D eigenvalue weighted by molar-refractivity contribution is 0.161. The zero-order chi connectivity index (χ0) is 14.3. The molecule has 1 aliphatic rings. The smallest absolute Gasteiger partial charge is 0.127 e. The predicted molar refractivity (Wildman–Crippen MR) is 85.5 cm³/mol. The van der Waals surface area contributed by atoms with Crippen molar-refractivity contribution in [3.63, 3.8) is 0 Å². The van der Waals surface area contributed by atoms with Gasteiger partial charge in [0.15, 0.2) is 0 Å². The van der Waals surface area contributed by atoms with Crippen LogP contribution in [0.5, 0.6) is 5.75 Å². The van der Waals surface area contributed by atoms with Crippen molar-refractivity contribution in [2.24, 2.45) is 5.73 Å². The highest BCUT2D eigenvalue weighted by atomic mass is 79.9. The zero-order valence-corrected chi connectivity index (χ0v) is 13.5. The van der Waals surface area contributed by atoms with Crippen molar-refractivity contribution in [1.29, 1.82) is 0 Å². The summed E-state index contributed by atoms with van der Waals surface area (Å²) in [6, 6.07) is 11.4. The van der Waals surface area contributed by atoms with E-state index in [0.29, 0.717) is 16.5 Å². The minimum atomic E-state index is -0.182. The lowest BCUT2D eigenvalue weighted by atomic mass is 9.93. The van der Waals surface area contributed by atoms with Crippen LogP contribution >= 0.6 is 39.1 Å². The third kappa shape index (κ3) is 2.56. The largest absolute Gasteiger partial charge is 0.485 e. The summed E-state index contributed by atoms with van der Waals surface area (Å²) in [5.74, 6) is 0.791. The van der Waals surface area contributed by atoms with E-state index in [-0.39, 0.29) is 12.1 Å². The topological polar surface area (TPSA) is 35.2 Å². The molecular formula is C15H12BrCl2NO. The quantitative estimate of drug-likeness (QED) is 0.738. The first-order valence-corrected chi connectivity index (χ1v) is 7.76. The molecule has 104 valence electrons. The van der Waals surface area contributed by atoms with Gasteiger partial charge in [-0.05, 0) is 18.2 Å². The van der Waals surface area contributed by atoms with Crippen molar-refractivity contribution >= 4 is 39.1 Å². The molecule has 2 atom stereocenters. The summed E-state index contributed by atoms with van der Waals surface area (Å²) in [7, 11) is 0. The molecule has 1 unspecified atom stereocenters. The molecule has 0 saturated carbocycles. The minimum Gasteiger partial charge on any atom is -0.485 e. The van der Waals surface area contributed by atoms with Crippen LogP contribution in [0.4, 0.5) is 0 Å². The number of rotatable bonds is 1. The van der Waals surface area contributed by atoms with E-state index in [9.17, 15) is 0 Å². The number of hydrogen-bond donors (Lipinski definition) is 1. The highest BCUT2D eigenvalue weighted by molar-refractivity contribution is 9.10. The summed E-state index contributed by atoms with van der Waals surface area (Å²) < 4.78 is 7.01. The van der Waals surface area contributed by atoms with Crippen LogP contribution < -0.4 is 10.5 Å². The average molecular weight is 373 g/mol. The molecule has 2 aromatic carbocycles. The van der Waals surface area contributed by atoms with E-state index < -0.39 is 0 Å². The van der Waals surface area contributed by atoms with Crippen LogP contribution in [0, 0.1) is 0 Å². The van der Waals surface area contributed by atoms with Crippen LogP contribution in [0.25, 0.3) is 0 Å². The Kier molecular flexibility index (Phi) is 3.95. The molecule has 0 radical (unpaired) electrons. The maximum atomic E-state index is 6.27. The molecule has 5 heteroatoms. The Hall–Kier alpha value is -0.740. The zero-order valence-electron chi connectivity index (χ0n) is 10.4. The van der Waals surface area contributed by atoms with Gasteiger partial charge in [0.25, 0.3) is 0 Å². The van der Waals surface area contributed by atoms with Gasteiger partial charge >= 0.3 is 0 Å². The molecule has 2 N–H and O–H groups in total. The van der Waals surface area contributed by atoms with Crippen LogP contribution in [0.3, 0.4) is 0 Å². The van der Waals surface area contributed by atoms with E-state index in [1.54, 1.807) is 6.07 Å². The van der Waals surface area contributed by atoms with Crippen LogP contribution in [0.2, 0.25) is 10.0 Å². The molecule has 1 aliphatic heterocycles. The number of hydrogen-bond acceptors (Lipinski definition) is 2. The first-order chi connectivity index (χ1) is 9.56. The van der Waals surface area contributed by atoms with Crippen molar-refractivity contribution in [2.45, 2.75) is 18.6 Å². The first kappa shape index (κ1) is 14.2. The SMILES string of the molecule is N[C@H]1CC(c2cccc(Cl)c2Cl)Oc2cc(Br)ccc21. The number of halogens is 3. The van der Waals surface area contributed by atoms with E-state index in [0.717, 1.165) is 21.3 Å². The van der Waals surface area contributed by atoms with Gasteiger partial charge in [-0.2, -0.15) is 0 Å². The molecule has 0 aliphatic carbocycles. The van der Waals surface area contributed by atoms with Gasteiger partial charge in [-0.15, -0.1) is 0 Å². The maximum absolute atomic E-state index is 6.27. The Morgan fingerprint density at radius 3 is 2.75 bits per heavy atom. The fraction of sp³-hybridized carbons (Fsp3) is 0.200. The lowest BCUT2D eigenvalue weighted by Gasteiger charge is -2.31. The van der Waals surface area contributed by atoms with E-state index in [2.05, 4.69) is 15.9 Å². The van der Waals surface area contributed by atoms with Crippen LogP contribution in [-0.4, -0.2) is 0 Å². The monoisotopic (exact) mass is 371 g/mol. The molecule has 2 aromatic rings. The van der Waals surface area contributed by atoms with Gasteiger partial charge < -0.3 is 10.5 Å². The van der Waals surface area contributed by atoms with Gasteiger partial charge in [-0.3, -0.25) is 0 Å². The Bertz CT molecular complexity index is 662. The molecule has 3 rings (SSSR count). The predicted octanol–water partition coefficient (Wildman–Crippen LogP) is 5.28. The highest BCUT2D eigenvalue weighted by Gasteiger charge is 2.28. The molecule has 0 aromatic heterocycles. The summed E-state index contributed by atoms with van der Waals surface area (Å²) >= 11 is 15.8. The van der Waals surface area contributed by atoms with Crippen molar-refractivity contribution in [3.8, 4) is 5.75 Å². The summed E-state index contributed by atoms with van der Waals surface area (Å²) in [4.78, 5) is 0. The third-order valence-corrected chi connectivity index (χ3v) is 4.77. The maximum Gasteiger partial charge on any atom is 0.127 e. The van der Waals surface area contributed by atoms with Gasteiger partial charge in [-0.25, -0.2) is 0 Å². The summed E-state index contributed by atoms with van der Waals surface area (Å²) in [6.45, 7) is 0.